The zero-order valence-electron chi connectivity index (χ0n) is 16.4. The van der Waals surface area contributed by atoms with Crippen LogP contribution < -0.4 is 10.7 Å². The Morgan fingerprint density at radius 2 is 1.33 bits per heavy atom. The van der Waals surface area contributed by atoms with Gasteiger partial charge in [-0.2, -0.15) is 5.10 Å². The first-order valence-electron chi connectivity index (χ1n) is 9.65. The molecule has 0 atom stereocenters. The van der Waals surface area contributed by atoms with Crippen molar-refractivity contribution in [2.24, 2.45) is 5.10 Å². The number of amides is 2. The monoisotopic (exact) mass is 397 g/mol. The number of nitrogens with one attached hydrogen (secondary N) is 2. The van der Waals surface area contributed by atoms with Crippen molar-refractivity contribution in [1.82, 2.24) is 10.7 Å². The number of allylic oxidation sites excluding steroid dienone is 1. The minimum absolute atomic E-state index is 0.158. The first kappa shape index (κ1) is 20.7. The molecule has 3 aromatic rings. The average molecular weight is 397 g/mol. The molecule has 0 aliphatic rings. The largest absolute Gasteiger partial charge is 0.346 e. The summed E-state index contributed by atoms with van der Waals surface area (Å²) in [5, 5.41) is 6.57. The van der Waals surface area contributed by atoms with Gasteiger partial charge in [-0.1, -0.05) is 97.1 Å². The summed E-state index contributed by atoms with van der Waals surface area (Å²) in [7, 11) is 0. The van der Waals surface area contributed by atoms with Gasteiger partial charge in [-0.15, -0.1) is 0 Å². The van der Waals surface area contributed by atoms with Gasteiger partial charge < -0.3 is 5.32 Å². The van der Waals surface area contributed by atoms with Crippen LogP contribution in [0.3, 0.4) is 0 Å². The second-order valence-electron chi connectivity index (χ2n) is 6.56. The van der Waals surface area contributed by atoms with E-state index >= 15 is 0 Å². The molecule has 0 aromatic heterocycles. The molecule has 0 aliphatic carbocycles. The van der Waals surface area contributed by atoms with E-state index in [-0.39, 0.29) is 12.5 Å². The van der Waals surface area contributed by atoms with Gasteiger partial charge >= 0.3 is 0 Å². The number of hydrogen-bond donors (Lipinski definition) is 2. The number of hydrogen-bond acceptors (Lipinski definition) is 3. The van der Waals surface area contributed by atoms with E-state index in [2.05, 4.69) is 15.8 Å². The second-order valence-corrected chi connectivity index (χ2v) is 6.56. The maximum absolute atomic E-state index is 12.8. The number of carbonyl (C=O) groups excluding carboxylic acids is 2. The molecule has 0 radical (unpaired) electrons. The van der Waals surface area contributed by atoms with Crippen LogP contribution in [0, 0.1) is 0 Å². The zero-order chi connectivity index (χ0) is 21.0. The second kappa shape index (κ2) is 11.1. The van der Waals surface area contributed by atoms with Gasteiger partial charge in [-0.3, -0.25) is 9.59 Å². The average Bonchev–Trinajstić information content (AvgIpc) is 2.80. The molecule has 0 saturated carbocycles. The predicted molar refractivity (Wildman–Crippen MR) is 120 cm³/mol. The molecule has 0 bridgehead atoms. The molecule has 3 aromatic carbocycles. The first-order valence-corrected chi connectivity index (χ1v) is 9.65. The van der Waals surface area contributed by atoms with Crippen LogP contribution in [0.4, 0.5) is 0 Å². The molecule has 0 heterocycles. The molecule has 0 unspecified atom stereocenters. The predicted octanol–water partition coefficient (Wildman–Crippen LogP) is 3.75. The van der Waals surface area contributed by atoms with Crippen molar-refractivity contribution in [3.8, 4) is 0 Å². The van der Waals surface area contributed by atoms with E-state index in [4.69, 9.17) is 0 Å². The summed E-state index contributed by atoms with van der Waals surface area (Å²) in [5.41, 5.74) is 5.18. The Bertz CT molecular complexity index is 961. The Balaban J connectivity index is 1.54. The van der Waals surface area contributed by atoms with Gasteiger partial charge in [0.15, 0.2) is 0 Å². The molecule has 150 valence electrons. The molecule has 30 heavy (non-hydrogen) atoms. The lowest BCUT2D eigenvalue weighted by Crippen LogP contribution is -2.37. The number of carbonyl (C=O) groups is 2. The molecule has 0 spiro atoms. The fraction of sp³-hybridized carbons (Fsp3) is 0.0800. The van der Waals surface area contributed by atoms with Crippen molar-refractivity contribution in [3.05, 3.63) is 114 Å². The quantitative estimate of drug-likeness (QED) is 0.449. The minimum Gasteiger partial charge on any atom is -0.346 e. The molecule has 2 N–H and O–H groups in total. The van der Waals surface area contributed by atoms with E-state index in [0.29, 0.717) is 0 Å². The maximum atomic E-state index is 12.8. The Labute approximate surface area is 176 Å². The van der Waals surface area contributed by atoms with E-state index in [1.807, 2.05) is 97.1 Å². The highest BCUT2D eigenvalue weighted by molar-refractivity contribution is 5.91. The highest BCUT2D eigenvalue weighted by atomic mass is 16.2. The molecular formula is C25H23N3O2. The van der Waals surface area contributed by atoms with Crippen molar-refractivity contribution in [2.45, 2.75) is 5.92 Å². The van der Waals surface area contributed by atoms with Crippen molar-refractivity contribution >= 4 is 24.1 Å². The van der Waals surface area contributed by atoms with Crippen LogP contribution in [-0.2, 0) is 9.59 Å². The lowest BCUT2D eigenvalue weighted by molar-refractivity contribution is -0.126. The van der Waals surface area contributed by atoms with Crippen LogP contribution in [0.1, 0.15) is 22.6 Å². The van der Waals surface area contributed by atoms with Gasteiger partial charge in [0.25, 0.3) is 5.91 Å². The van der Waals surface area contributed by atoms with E-state index in [9.17, 15) is 9.59 Å². The highest BCUT2D eigenvalue weighted by Crippen LogP contribution is 2.24. The van der Waals surface area contributed by atoms with Crippen molar-refractivity contribution < 1.29 is 9.59 Å². The summed E-state index contributed by atoms with van der Waals surface area (Å²) < 4.78 is 0. The van der Waals surface area contributed by atoms with Crippen LogP contribution in [-0.4, -0.2) is 24.6 Å². The van der Waals surface area contributed by atoms with Crippen LogP contribution >= 0.6 is 0 Å². The van der Waals surface area contributed by atoms with E-state index in [1.54, 1.807) is 6.08 Å². The summed E-state index contributed by atoms with van der Waals surface area (Å²) in [6, 6.07) is 28.8. The van der Waals surface area contributed by atoms with Gasteiger partial charge in [-0.25, -0.2) is 5.43 Å². The Morgan fingerprint density at radius 1 is 0.800 bits per heavy atom. The van der Waals surface area contributed by atoms with E-state index in [0.717, 1.165) is 16.7 Å². The fourth-order valence-electron chi connectivity index (χ4n) is 2.97. The lowest BCUT2D eigenvalue weighted by Gasteiger charge is -2.17. The smallest absolute Gasteiger partial charge is 0.259 e. The molecule has 0 saturated heterocycles. The van der Waals surface area contributed by atoms with Gasteiger partial charge in [0.05, 0.1) is 12.5 Å². The maximum Gasteiger partial charge on any atom is 0.259 e. The zero-order valence-corrected chi connectivity index (χ0v) is 16.4. The summed E-state index contributed by atoms with van der Waals surface area (Å²) in [4.78, 5) is 24.9. The van der Waals surface area contributed by atoms with Crippen LogP contribution in [0.5, 0.6) is 0 Å². The fourth-order valence-corrected chi connectivity index (χ4v) is 2.97. The van der Waals surface area contributed by atoms with Crippen molar-refractivity contribution in [2.75, 3.05) is 6.54 Å². The standard InChI is InChI=1S/C25H23N3O2/c29-23(28-27-18-10-13-20-11-4-1-5-12-20)19-26-25(30)24(21-14-6-2-7-15-21)22-16-8-3-9-17-22/h1-18,24H,19H2,(H,26,30)(H,28,29)/b13-10+,27-18-. The summed E-state index contributed by atoms with van der Waals surface area (Å²) in [6.07, 6.45) is 5.10. The van der Waals surface area contributed by atoms with Gasteiger partial charge in [-0.05, 0) is 22.8 Å². The Kier molecular flexibility index (Phi) is 7.69. The molecule has 0 aliphatic heterocycles. The lowest BCUT2D eigenvalue weighted by atomic mass is 9.90. The van der Waals surface area contributed by atoms with Crippen LogP contribution in [0.2, 0.25) is 0 Å². The minimum atomic E-state index is -0.488. The number of nitrogens with zero attached hydrogens (tertiary/aromatic N) is 1. The third-order valence-electron chi connectivity index (χ3n) is 4.39. The third kappa shape index (κ3) is 6.27. The summed E-state index contributed by atoms with van der Waals surface area (Å²) >= 11 is 0. The van der Waals surface area contributed by atoms with Gasteiger partial charge in [0.2, 0.25) is 5.91 Å². The first-order chi connectivity index (χ1) is 14.7. The normalized spacial score (nSPS) is 11.1. The Hall–Kier alpha value is -3.99. The molecule has 3 rings (SSSR count). The van der Waals surface area contributed by atoms with Crippen molar-refractivity contribution in [1.29, 1.82) is 0 Å². The van der Waals surface area contributed by atoms with Gasteiger partial charge in [0.1, 0.15) is 0 Å². The highest BCUT2D eigenvalue weighted by Gasteiger charge is 2.22. The SMILES string of the molecule is O=C(CNC(=O)C(c1ccccc1)c1ccccc1)N/N=C\C=C\c1ccccc1. The molecule has 2 amide bonds. The molecular weight excluding hydrogens is 374 g/mol. The topological polar surface area (TPSA) is 70.6 Å². The Morgan fingerprint density at radius 3 is 1.90 bits per heavy atom. The summed E-state index contributed by atoms with van der Waals surface area (Å²) in [5.74, 6) is -1.12. The summed E-state index contributed by atoms with van der Waals surface area (Å²) in [6.45, 7) is -0.158. The third-order valence-corrected chi connectivity index (χ3v) is 4.39. The number of rotatable bonds is 8. The van der Waals surface area contributed by atoms with E-state index in [1.165, 1.54) is 6.21 Å². The number of hydrazone groups is 1. The molecule has 0 fully saturated rings. The molecule has 5 nitrogen and oxygen atoms in total. The number of benzene rings is 3. The van der Waals surface area contributed by atoms with E-state index < -0.39 is 11.8 Å². The van der Waals surface area contributed by atoms with Crippen LogP contribution in [0.15, 0.2) is 102 Å². The van der Waals surface area contributed by atoms with Gasteiger partial charge in [0, 0.05) is 6.21 Å². The van der Waals surface area contributed by atoms with Crippen LogP contribution in [0.25, 0.3) is 6.08 Å². The molecule has 5 heteroatoms. The van der Waals surface area contributed by atoms with Crippen molar-refractivity contribution in [3.63, 3.8) is 0 Å².